The van der Waals surface area contributed by atoms with Crippen molar-refractivity contribution >= 4 is 44.2 Å². The van der Waals surface area contributed by atoms with Gasteiger partial charge in [-0.1, -0.05) is 6.07 Å². The number of aromatic amines is 1. The SMILES string of the molecule is O=S([O-])c1nc2cc(OC(F)F)ccc2[n-]1.O=S([O-])c1nc2ccc(OC(F)F)cc2[nH]1.[Na+].[Na+]. The summed E-state index contributed by atoms with van der Waals surface area (Å²) in [5.74, 6) is -0.153. The van der Waals surface area contributed by atoms with E-state index in [1.54, 1.807) is 0 Å². The first-order chi connectivity index (χ1) is 15.1. The van der Waals surface area contributed by atoms with Crippen LogP contribution in [0.5, 0.6) is 11.5 Å². The Balaban J connectivity index is 0.000000321. The van der Waals surface area contributed by atoms with E-state index in [0.717, 1.165) is 0 Å². The van der Waals surface area contributed by atoms with Gasteiger partial charge >= 0.3 is 72.3 Å². The summed E-state index contributed by atoms with van der Waals surface area (Å²) >= 11 is -5.02. The third-order valence-electron chi connectivity index (χ3n) is 3.57. The zero-order chi connectivity index (χ0) is 23.4. The third kappa shape index (κ3) is 8.54. The molecule has 0 saturated carbocycles. The molecule has 2 aromatic heterocycles. The van der Waals surface area contributed by atoms with Crippen LogP contribution in [-0.2, 0) is 22.2 Å². The minimum Gasteiger partial charge on any atom is -0.769 e. The molecule has 18 heteroatoms. The van der Waals surface area contributed by atoms with Crippen molar-refractivity contribution in [3.05, 3.63) is 36.4 Å². The molecule has 4 rings (SSSR count). The number of ether oxygens (including phenoxy) is 2. The fraction of sp³-hybridized carbons (Fsp3) is 0.125. The van der Waals surface area contributed by atoms with Crippen LogP contribution in [0.15, 0.2) is 46.7 Å². The zero-order valence-electron chi connectivity index (χ0n) is 17.2. The number of halogens is 4. The summed E-state index contributed by atoms with van der Waals surface area (Å²) < 4.78 is 98.2. The van der Waals surface area contributed by atoms with Gasteiger partial charge in [-0.3, -0.25) is 8.42 Å². The Hall–Kier alpha value is -1.08. The van der Waals surface area contributed by atoms with Gasteiger partial charge in [0.1, 0.15) is 11.5 Å². The standard InChI is InChI=1S/C8H6F2N2O3S.C8H5F2N2O3S.2Na/c2*9-7(10)15-4-1-2-5-6(3-4)12-8(11-5)16(13)14;;/h1-3,7H,(H,11,12)(H,13,14);1-3,7H,(H-,11,12,13,14);;/q;-1;2*+1/p-2. The quantitative estimate of drug-likeness (QED) is 0.149. The van der Waals surface area contributed by atoms with Crippen molar-refractivity contribution in [3.63, 3.8) is 0 Å². The van der Waals surface area contributed by atoms with E-state index in [-0.39, 0.29) is 86.4 Å². The van der Waals surface area contributed by atoms with Crippen molar-refractivity contribution < 1.29 is 104 Å². The smallest absolute Gasteiger partial charge is 0.769 e. The summed E-state index contributed by atoms with van der Waals surface area (Å²) in [7, 11) is 0. The van der Waals surface area contributed by atoms with Crippen LogP contribution in [0, 0.1) is 0 Å². The van der Waals surface area contributed by atoms with Crippen LogP contribution in [0.4, 0.5) is 17.6 Å². The summed E-state index contributed by atoms with van der Waals surface area (Å²) in [5, 5.41) is -0.617. The molecule has 34 heavy (non-hydrogen) atoms. The fourth-order valence-electron chi connectivity index (χ4n) is 2.39. The van der Waals surface area contributed by atoms with Crippen LogP contribution < -0.4 is 73.6 Å². The van der Waals surface area contributed by atoms with E-state index in [2.05, 4.69) is 29.4 Å². The van der Waals surface area contributed by atoms with Crippen LogP contribution >= 0.6 is 0 Å². The average molecular weight is 539 g/mol. The molecule has 2 heterocycles. The number of fused-ring (bicyclic) bond motifs is 2. The van der Waals surface area contributed by atoms with E-state index < -0.39 is 35.4 Å². The van der Waals surface area contributed by atoms with E-state index in [1.165, 1.54) is 36.4 Å². The predicted octanol–water partition coefficient (Wildman–Crippen LogP) is -3.56. The summed E-state index contributed by atoms with van der Waals surface area (Å²) in [5.41, 5.74) is 1.18. The van der Waals surface area contributed by atoms with Crippen LogP contribution in [0.2, 0.25) is 0 Å². The van der Waals surface area contributed by atoms with Gasteiger partial charge in [-0.2, -0.15) is 17.6 Å². The van der Waals surface area contributed by atoms with Crippen LogP contribution in [-0.4, -0.2) is 45.7 Å². The number of nitrogens with zero attached hydrogens (tertiary/aromatic N) is 3. The van der Waals surface area contributed by atoms with E-state index in [9.17, 15) is 35.1 Å². The molecule has 0 bridgehead atoms. The minimum atomic E-state index is -2.94. The van der Waals surface area contributed by atoms with E-state index in [4.69, 9.17) is 0 Å². The molecule has 4 aromatic rings. The van der Waals surface area contributed by atoms with Crippen LogP contribution in [0.3, 0.4) is 0 Å². The molecule has 0 aliphatic rings. The number of rotatable bonds is 6. The molecule has 0 aliphatic heterocycles. The molecule has 0 radical (unpaired) electrons. The maximum Gasteiger partial charge on any atom is 1.00 e. The van der Waals surface area contributed by atoms with Crippen molar-refractivity contribution in [3.8, 4) is 11.5 Å². The molecule has 0 aliphatic carbocycles. The summed E-state index contributed by atoms with van der Waals surface area (Å²) in [4.78, 5) is 13.5. The second-order valence-corrected chi connectivity index (χ2v) is 7.29. The molecule has 0 spiro atoms. The molecule has 2 unspecified atom stereocenters. The third-order valence-corrected chi connectivity index (χ3v) is 4.56. The van der Waals surface area contributed by atoms with Crippen molar-refractivity contribution in [1.82, 2.24) is 19.9 Å². The van der Waals surface area contributed by atoms with Gasteiger partial charge in [0.15, 0.2) is 5.16 Å². The Morgan fingerprint density at radius 1 is 0.853 bits per heavy atom. The zero-order valence-corrected chi connectivity index (χ0v) is 22.9. The molecule has 0 amide bonds. The first-order valence-corrected chi connectivity index (χ1v) is 10.3. The number of hydrogen-bond donors (Lipinski definition) is 1. The van der Waals surface area contributed by atoms with E-state index in [1.807, 2.05) is 0 Å². The van der Waals surface area contributed by atoms with Gasteiger partial charge in [-0.25, -0.2) is 4.98 Å². The number of nitrogens with one attached hydrogen (secondary N) is 1. The predicted molar refractivity (Wildman–Crippen MR) is 98.8 cm³/mol. The van der Waals surface area contributed by atoms with E-state index >= 15 is 0 Å². The normalized spacial score (nSPS) is 12.5. The topological polar surface area (TPSA) is 154 Å². The molecule has 1 N–H and O–H groups in total. The minimum absolute atomic E-state index is 0. The second kappa shape index (κ2) is 13.9. The summed E-state index contributed by atoms with van der Waals surface area (Å²) in [6.07, 6.45) is 0. The molecule has 10 nitrogen and oxygen atoms in total. The number of alkyl halides is 4. The molecule has 0 saturated heterocycles. The van der Waals surface area contributed by atoms with Crippen LogP contribution in [0.25, 0.3) is 22.1 Å². The molecular formula is C16H9F4N4Na2O6S2-. The monoisotopic (exact) mass is 539 g/mol. The molecular weight excluding hydrogens is 530 g/mol. The second-order valence-electron chi connectivity index (χ2n) is 5.60. The molecule has 2 aromatic carbocycles. The first-order valence-electron chi connectivity index (χ1n) is 8.15. The average Bonchev–Trinajstić information content (AvgIpc) is 3.31. The Morgan fingerprint density at radius 2 is 1.44 bits per heavy atom. The Morgan fingerprint density at radius 3 is 2.00 bits per heavy atom. The van der Waals surface area contributed by atoms with Gasteiger partial charge in [-0.05, 0) is 51.5 Å². The molecule has 0 fully saturated rings. The summed E-state index contributed by atoms with van der Waals surface area (Å²) in [6.45, 7) is -5.86. The number of imidazole rings is 2. The van der Waals surface area contributed by atoms with Crippen molar-refractivity contribution in [2.45, 2.75) is 23.5 Å². The molecule has 172 valence electrons. The maximum absolute atomic E-state index is 11.9. The van der Waals surface area contributed by atoms with Gasteiger partial charge in [0.25, 0.3) is 0 Å². The Labute approximate surface area is 237 Å². The van der Waals surface area contributed by atoms with Crippen molar-refractivity contribution in [1.29, 1.82) is 0 Å². The number of H-pyrrole nitrogens is 1. The van der Waals surface area contributed by atoms with Crippen molar-refractivity contribution in [2.75, 3.05) is 0 Å². The first kappa shape index (κ1) is 31.0. The molecule has 2 atom stereocenters. The number of aromatic nitrogens is 4. The number of benzene rings is 2. The van der Waals surface area contributed by atoms with Gasteiger partial charge in [-0.15, -0.1) is 0 Å². The van der Waals surface area contributed by atoms with Gasteiger partial charge in [0.05, 0.1) is 11.0 Å². The van der Waals surface area contributed by atoms with Crippen molar-refractivity contribution in [2.24, 2.45) is 0 Å². The van der Waals surface area contributed by atoms with E-state index in [0.29, 0.717) is 16.6 Å². The largest absolute Gasteiger partial charge is 1.00 e. The number of hydrogen-bond acceptors (Lipinski definition) is 8. The Kier molecular flexibility index (Phi) is 12.6. The van der Waals surface area contributed by atoms with Crippen LogP contribution in [0.1, 0.15) is 0 Å². The maximum atomic E-state index is 11.9. The van der Waals surface area contributed by atoms with Gasteiger partial charge in [0.2, 0.25) is 0 Å². The van der Waals surface area contributed by atoms with Gasteiger partial charge < -0.3 is 33.5 Å². The van der Waals surface area contributed by atoms with Gasteiger partial charge in [0, 0.05) is 17.1 Å². The Bertz CT molecular complexity index is 1200. The summed E-state index contributed by atoms with van der Waals surface area (Å²) in [6, 6.07) is 7.75. The fourth-order valence-corrected chi connectivity index (χ4v) is 3.10.